The van der Waals surface area contributed by atoms with E-state index in [1.807, 2.05) is 19.9 Å². The second-order valence-corrected chi connectivity index (χ2v) is 8.50. The maximum Gasteiger partial charge on any atom is 0.259 e. The highest BCUT2D eigenvalue weighted by Gasteiger charge is 2.41. The maximum absolute atomic E-state index is 12.8. The van der Waals surface area contributed by atoms with Crippen LogP contribution in [0.1, 0.15) is 35.5 Å². The summed E-state index contributed by atoms with van der Waals surface area (Å²) in [5.74, 6) is 1.33. The Morgan fingerprint density at radius 3 is 2.89 bits per heavy atom. The van der Waals surface area contributed by atoms with Gasteiger partial charge in [0.15, 0.2) is 4.96 Å². The van der Waals surface area contributed by atoms with Gasteiger partial charge in [-0.25, -0.2) is 9.97 Å². The molecule has 1 fully saturated rings. The number of pyridine rings is 1. The Morgan fingerprint density at radius 2 is 2.26 bits per heavy atom. The van der Waals surface area contributed by atoms with E-state index in [0.29, 0.717) is 16.5 Å². The van der Waals surface area contributed by atoms with Crippen molar-refractivity contribution in [3.05, 3.63) is 56.0 Å². The van der Waals surface area contributed by atoms with E-state index in [-0.39, 0.29) is 24.0 Å². The molecule has 0 aromatic carbocycles. The minimum atomic E-state index is -0.0574. The molecule has 2 atom stereocenters. The van der Waals surface area contributed by atoms with E-state index >= 15 is 0 Å². The van der Waals surface area contributed by atoms with Gasteiger partial charge in [-0.3, -0.25) is 9.20 Å². The van der Waals surface area contributed by atoms with Crippen LogP contribution in [0, 0.1) is 12.8 Å². The molecule has 27 heavy (non-hydrogen) atoms. The fourth-order valence-corrected chi connectivity index (χ4v) is 4.72. The first-order chi connectivity index (χ1) is 13.0. The first-order valence-electron chi connectivity index (χ1n) is 9.01. The van der Waals surface area contributed by atoms with Crippen molar-refractivity contribution in [2.75, 3.05) is 18.1 Å². The molecule has 142 valence electrons. The Bertz CT molecular complexity index is 1030. The molecular formula is C19H21ClN4O2S. The number of hydrogen-bond donors (Lipinski definition) is 1. The molecule has 4 rings (SSSR count). The first kappa shape index (κ1) is 18.4. The van der Waals surface area contributed by atoms with Crippen LogP contribution in [-0.2, 0) is 6.54 Å². The number of rotatable bonds is 6. The van der Waals surface area contributed by atoms with Gasteiger partial charge in [0.1, 0.15) is 5.82 Å². The first-order valence-corrected chi connectivity index (χ1v) is 10.2. The molecule has 0 bridgehead atoms. The van der Waals surface area contributed by atoms with E-state index in [2.05, 4.69) is 9.88 Å². The average Bonchev–Trinajstić information content (AvgIpc) is 3.35. The summed E-state index contributed by atoms with van der Waals surface area (Å²) in [6.45, 7) is 5.48. The number of aliphatic hydroxyl groups excluding tert-OH is 1. The zero-order valence-electron chi connectivity index (χ0n) is 15.2. The Balaban J connectivity index is 1.67. The number of thiazole rings is 1. The quantitative estimate of drug-likeness (QED) is 0.683. The number of hydrogen-bond acceptors (Lipinski definition) is 6. The molecule has 0 unspecified atom stereocenters. The van der Waals surface area contributed by atoms with Crippen LogP contribution < -0.4 is 10.5 Å². The Kier molecular flexibility index (Phi) is 4.92. The van der Waals surface area contributed by atoms with Gasteiger partial charge in [0.25, 0.3) is 5.56 Å². The molecule has 1 N–H and O–H groups in total. The van der Waals surface area contributed by atoms with Crippen molar-refractivity contribution in [3.63, 3.8) is 0 Å². The van der Waals surface area contributed by atoms with E-state index in [9.17, 15) is 9.90 Å². The van der Waals surface area contributed by atoms with E-state index in [1.54, 1.807) is 22.7 Å². The molecule has 3 aromatic rings. The molecular weight excluding hydrogens is 384 g/mol. The lowest BCUT2D eigenvalue weighted by atomic mass is 10.2. The third kappa shape index (κ3) is 3.47. The van der Waals surface area contributed by atoms with Crippen LogP contribution in [-0.4, -0.2) is 32.6 Å². The number of halogens is 1. The van der Waals surface area contributed by atoms with Gasteiger partial charge in [0.2, 0.25) is 0 Å². The maximum atomic E-state index is 12.8. The van der Waals surface area contributed by atoms with Crippen LogP contribution in [0.3, 0.4) is 0 Å². The minimum Gasteiger partial charge on any atom is -0.396 e. The van der Waals surface area contributed by atoms with Crippen LogP contribution in [0.25, 0.3) is 4.96 Å². The number of nitrogens with zero attached hydrogens (tertiary/aromatic N) is 4. The normalized spacial score (nSPS) is 18.8. The monoisotopic (exact) mass is 404 g/mol. The standard InChI is InChI=1S/C19H21ClN4O2S/c1-3-23(16-5-4-13(20)8-21-16)9-14-7-17(26)24-18(15-6-12(15)10-25)11(2)27-19(24)22-14/h4-5,7-8,12,15,25H,3,6,9-10H2,1-2H3/t12-,15-/m1/s1. The largest absolute Gasteiger partial charge is 0.396 e. The molecule has 8 heteroatoms. The molecule has 1 saturated carbocycles. The van der Waals surface area contributed by atoms with Crippen LogP contribution in [0.4, 0.5) is 5.82 Å². The van der Waals surface area contributed by atoms with Gasteiger partial charge in [0, 0.05) is 41.9 Å². The van der Waals surface area contributed by atoms with Crippen LogP contribution in [0.5, 0.6) is 0 Å². The van der Waals surface area contributed by atoms with E-state index in [0.717, 1.165) is 35.0 Å². The van der Waals surface area contributed by atoms with Crippen LogP contribution >= 0.6 is 22.9 Å². The highest BCUT2D eigenvalue weighted by molar-refractivity contribution is 7.17. The number of aryl methyl sites for hydroxylation is 1. The van der Waals surface area contributed by atoms with Crippen LogP contribution in [0.2, 0.25) is 5.02 Å². The predicted octanol–water partition coefficient (Wildman–Crippen LogP) is 3.24. The number of fused-ring (bicyclic) bond motifs is 1. The lowest BCUT2D eigenvalue weighted by Crippen LogP contribution is -2.25. The molecule has 0 aliphatic heterocycles. The van der Waals surface area contributed by atoms with E-state index < -0.39 is 0 Å². The van der Waals surface area contributed by atoms with Gasteiger partial charge >= 0.3 is 0 Å². The van der Waals surface area contributed by atoms with Crippen molar-refractivity contribution in [3.8, 4) is 0 Å². The zero-order valence-corrected chi connectivity index (χ0v) is 16.8. The number of anilines is 1. The van der Waals surface area contributed by atoms with Crippen molar-refractivity contribution < 1.29 is 5.11 Å². The summed E-state index contributed by atoms with van der Waals surface area (Å²) >= 11 is 7.46. The molecule has 0 radical (unpaired) electrons. The van der Waals surface area contributed by atoms with E-state index in [4.69, 9.17) is 16.6 Å². The van der Waals surface area contributed by atoms with Gasteiger partial charge in [-0.05, 0) is 38.3 Å². The topological polar surface area (TPSA) is 70.7 Å². The molecule has 3 heterocycles. The second-order valence-electron chi connectivity index (χ2n) is 6.88. The summed E-state index contributed by atoms with van der Waals surface area (Å²) in [4.78, 5) is 25.8. The molecule has 1 aliphatic carbocycles. The zero-order chi connectivity index (χ0) is 19.1. The molecule has 1 aliphatic rings. The second kappa shape index (κ2) is 7.22. The minimum absolute atomic E-state index is 0.0574. The third-order valence-electron chi connectivity index (χ3n) is 5.07. The Hall–Kier alpha value is -1.96. The highest BCUT2D eigenvalue weighted by atomic mass is 35.5. The van der Waals surface area contributed by atoms with Gasteiger partial charge in [-0.2, -0.15) is 0 Å². The summed E-state index contributed by atoms with van der Waals surface area (Å²) in [7, 11) is 0. The molecule has 0 spiro atoms. The lowest BCUT2D eigenvalue weighted by molar-refractivity contribution is 0.273. The van der Waals surface area contributed by atoms with Gasteiger partial charge in [-0.1, -0.05) is 11.6 Å². The summed E-state index contributed by atoms with van der Waals surface area (Å²) in [6.07, 6.45) is 2.55. The van der Waals surface area contributed by atoms with E-state index in [1.165, 1.54) is 11.3 Å². The third-order valence-corrected chi connectivity index (χ3v) is 6.26. The average molecular weight is 405 g/mol. The lowest BCUT2D eigenvalue weighted by Gasteiger charge is -2.21. The van der Waals surface area contributed by atoms with Crippen LogP contribution in [0.15, 0.2) is 29.2 Å². The fraction of sp³-hybridized carbons (Fsp3) is 0.421. The Labute approximate surface area is 166 Å². The summed E-state index contributed by atoms with van der Waals surface area (Å²) < 4.78 is 1.72. The highest BCUT2D eigenvalue weighted by Crippen LogP contribution is 2.49. The molecule has 6 nitrogen and oxygen atoms in total. The molecule has 0 saturated heterocycles. The predicted molar refractivity (Wildman–Crippen MR) is 108 cm³/mol. The van der Waals surface area contributed by atoms with Crippen molar-refractivity contribution in [1.29, 1.82) is 0 Å². The SMILES string of the molecule is CCN(Cc1cc(=O)n2c([C@@H]3C[C@@H]3CO)c(C)sc2n1)c1ccc(Cl)cn1. The van der Waals surface area contributed by atoms with Gasteiger partial charge < -0.3 is 10.0 Å². The summed E-state index contributed by atoms with van der Waals surface area (Å²) in [5.41, 5.74) is 1.68. The smallest absolute Gasteiger partial charge is 0.259 e. The molecule has 3 aromatic heterocycles. The van der Waals surface area contributed by atoms with Crippen molar-refractivity contribution in [1.82, 2.24) is 14.4 Å². The number of aliphatic hydroxyl groups is 1. The van der Waals surface area contributed by atoms with Crippen molar-refractivity contribution in [2.24, 2.45) is 5.92 Å². The Morgan fingerprint density at radius 1 is 1.44 bits per heavy atom. The fourth-order valence-electron chi connectivity index (χ4n) is 3.54. The molecule has 0 amide bonds. The summed E-state index contributed by atoms with van der Waals surface area (Å²) in [5, 5.41) is 9.98. The number of aromatic nitrogens is 3. The summed E-state index contributed by atoms with van der Waals surface area (Å²) in [6, 6.07) is 5.28. The van der Waals surface area contributed by atoms with Gasteiger partial charge in [-0.15, -0.1) is 11.3 Å². The van der Waals surface area contributed by atoms with Gasteiger partial charge in [0.05, 0.1) is 17.3 Å². The van der Waals surface area contributed by atoms with Crippen molar-refractivity contribution >= 4 is 33.7 Å². The van der Waals surface area contributed by atoms with Crippen molar-refractivity contribution in [2.45, 2.75) is 32.7 Å².